The van der Waals surface area contributed by atoms with Gasteiger partial charge >= 0.3 is 0 Å². The average Bonchev–Trinajstić information content (AvgIpc) is 2.24. The molecule has 3 heteroatoms. The molecule has 0 spiro atoms. The lowest BCUT2D eigenvalue weighted by molar-refractivity contribution is -0.121. The Bertz CT molecular complexity index is 236. The molecule has 0 saturated heterocycles. The van der Waals surface area contributed by atoms with Crippen molar-refractivity contribution in [3.05, 3.63) is 0 Å². The van der Waals surface area contributed by atoms with E-state index < -0.39 is 0 Å². The second-order valence-corrected chi connectivity index (χ2v) is 3.43. The molecule has 0 aliphatic heterocycles. The molecular weight excluding hydrogens is 188 g/mol. The Morgan fingerprint density at radius 1 is 1.33 bits per heavy atom. The number of amides is 1. The fourth-order valence-electron chi connectivity index (χ4n) is 1.14. The third-order valence-electron chi connectivity index (χ3n) is 2.21. The third-order valence-corrected chi connectivity index (χ3v) is 2.21. The number of nitrogens with one attached hydrogen (secondary N) is 1. The van der Waals surface area contributed by atoms with Gasteiger partial charge in [-0.1, -0.05) is 32.6 Å². The van der Waals surface area contributed by atoms with Crippen LogP contribution in [0.4, 0.5) is 0 Å². The van der Waals surface area contributed by atoms with E-state index in [1.165, 1.54) is 0 Å². The van der Waals surface area contributed by atoms with Crippen molar-refractivity contribution < 1.29 is 4.79 Å². The molecule has 1 atom stereocenters. The predicted molar refractivity (Wildman–Crippen MR) is 63.5 cm³/mol. The summed E-state index contributed by atoms with van der Waals surface area (Å²) in [4.78, 5) is 13.3. The van der Waals surface area contributed by atoms with Gasteiger partial charge < -0.3 is 5.32 Å². The summed E-state index contributed by atoms with van der Waals surface area (Å²) in [5.74, 6) is 6.16. The summed E-state index contributed by atoms with van der Waals surface area (Å²) in [5, 5.41) is 2.81. The maximum absolute atomic E-state index is 11.0. The van der Waals surface area contributed by atoms with Gasteiger partial charge in [-0.25, -0.2) is 0 Å². The van der Waals surface area contributed by atoms with Crippen molar-refractivity contribution in [3.63, 3.8) is 0 Å². The van der Waals surface area contributed by atoms with Gasteiger partial charge in [0.1, 0.15) is 0 Å². The summed E-state index contributed by atoms with van der Waals surface area (Å²) in [6.45, 7) is 10.8. The van der Waals surface area contributed by atoms with Crippen LogP contribution in [0.3, 0.4) is 0 Å². The van der Waals surface area contributed by atoms with Crippen LogP contribution in [-0.2, 0) is 4.79 Å². The zero-order valence-corrected chi connectivity index (χ0v) is 10.3. The van der Waals surface area contributed by atoms with Crippen LogP contribution in [0.25, 0.3) is 0 Å². The van der Waals surface area contributed by atoms with Crippen molar-refractivity contribution in [2.45, 2.75) is 40.2 Å². The van der Waals surface area contributed by atoms with Gasteiger partial charge in [0, 0.05) is 6.42 Å². The highest BCUT2D eigenvalue weighted by Crippen LogP contribution is 1.85. The van der Waals surface area contributed by atoms with Crippen molar-refractivity contribution in [2.75, 3.05) is 19.6 Å². The standard InChI is InChI=1S/C12H22N2O/c1-5-12(15)13-11(4)9-8-10-14(6-2)7-3/h11H,5-7,10H2,1-4H3,(H,13,15). The molecule has 0 fully saturated rings. The average molecular weight is 210 g/mol. The monoisotopic (exact) mass is 210 g/mol. The Hall–Kier alpha value is -1.01. The zero-order valence-electron chi connectivity index (χ0n) is 10.3. The lowest BCUT2D eigenvalue weighted by Crippen LogP contribution is -2.31. The summed E-state index contributed by atoms with van der Waals surface area (Å²) in [6.07, 6.45) is 0.516. The van der Waals surface area contributed by atoms with Gasteiger partial charge in [-0.2, -0.15) is 0 Å². The molecule has 15 heavy (non-hydrogen) atoms. The van der Waals surface area contributed by atoms with Crippen molar-refractivity contribution in [1.29, 1.82) is 0 Å². The first-order valence-electron chi connectivity index (χ1n) is 5.64. The molecule has 1 amide bonds. The van der Waals surface area contributed by atoms with E-state index in [0.717, 1.165) is 19.6 Å². The van der Waals surface area contributed by atoms with Crippen LogP contribution in [0.5, 0.6) is 0 Å². The zero-order chi connectivity index (χ0) is 11.7. The van der Waals surface area contributed by atoms with E-state index in [1.807, 2.05) is 13.8 Å². The minimum Gasteiger partial charge on any atom is -0.343 e. The summed E-state index contributed by atoms with van der Waals surface area (Å²) in [5.41, 5.74) is 0. The lowest BCUT2D eigenvalue weighted by Gasteiger charge is -2.13. The van der Waals surface area contributed by atoms with Gasteiger partial charge in [0.15, 0.2) is 0 Å². The Labute approximate surface area is 93.2 Å². The van der Waals surface area contributed by atoms with Crippen molar-refractivity contribution in [2.24, 2.45) is 0 Å². The first kappa shape index (κ1) is 14.0. The highest BCUT2D eigenvalue weighted by molar-refractivity contribution is 5.76. The molecule has 0 heterocycles. The van der Waals surface area contributed by atoms with Crippen LogP contribution in [0.15, 0.2) is 0 Å². The molecule has 0 aromatic carbocycles. The molecular formula is C12H22N2O. The second-order valence-electron chi connectivity index (χ2n) is 3.43. The van der Waals surface area contributed by atoms with Gasteiger partial charge in [-0.05, 0) is 20.0 Å². The van der Waals surface area contributed by atoms with E-state index in [2.05, 4.69) is 35.9 Å². The third kappa shape index (κ3) is 6.98. The summed E-state index contributed by atoms with van der Waals surface area (Å²) >= 11 is 0. The van der Waals surface area contributed by atoms with E-state index in [-0.39, 0.29) is 11.9 Å². The van der Waals surface area contributed by atoms with E-state index in [0.29, 0.717) is 6.42 Å². The Morgan fingerprint density at radius 2 is 1.93 bits per heavy atom. The highest BCUT2D eigenvalue weighted by atomic mass is 16.1. The number of carbonyl (C=O) groups is 1. The van der Waals surface area contributed by atoms with Crippen molar-refractivity contribution >= 4 is 5.91 Å². The van der Waals surface area contributed by atoms with E-state index in [4.69, 9.17) is 0 Å². The summed E-state index contributed by atoms with van der Waals surface area (Å²) in [7, 11) is 0. The fraction of sp³-hybridized carbons (Fsp3) is 0.750. The molecule has 0 aromatic rings. The number of hydrogen-bond acceptors (Lipinski definition) is 2. The summed E-state index contributed by atoms with van der Waals surface area (Å²) in [6, 6.07) is -0.0481. The van der Waals surface area contributed by atoms with Crippen LogP contribution < -0.4 is 5.32 Å². The Balaban J connectivity index is 3.89. The van der Waals surface area contributed by atoms with Crippen LogP contribution in [-0.4, -0.2) is 36.5 Å². The Kier molecular flexibility index (Phi) is 7.75. The second kappa shape index (κ2) is 8.31. The maximum atomic E-state index is 11.0. The first-order valence-corrected chi connectivity index (χ1v) is 5.64. The molecule has 0 aliphatic rings. The highest BCUT2D eigenvalue weighted by Gasteiger charge is 2.00. The van der Waals surface area contributed by atoms with Gasteiger partial charge in [-0.15, -0.1) is 0 Å². The molecule has 0 aliphatic carbocycles. The van der Waals surface area contributed by atoms with Crippen LogP contribution in [0, 0.1) is 11.8 Å². The first-order chi connectivity index (χ1) is 7.13. The molecule has 0 aromatic heterocycles. The topological polar surface area (TPSA) is 32.3 Å². The van der Waals surface area contributed by atoms with Gasteiger partial charge in [0.05, 0.1) is 12.6 Å². The predicted octanol–water partition coefficient (Wildman–Crippen LogP) is 1.25. The van der Waals surface area contributed by atoms with Gasteiger partial charge in [0.2, 0.25) is 5.91 Å². The van der Waals surface area contributed by atoms with Gasteiger partial charge in [-0.3, -0.25) is 9.69 Å². The number of hydrogen-bond donors (Lipinski definition) is 1. The van der Waals surface area contributed by atoms with Crippen molar-refractivity contribution in [3.8, 4) is 11.8 Å². The minimum atomic E-state index is -0.0481. The quantitative estimate of drug-likeness (QED) is 0.693. The number of rotatable bonds is 5. The molecule has 1 N–H and O–H groups in total. The number of carbonyl (C=O) groups excluding carboxylic acids is 1. The van der Waals surface area contributed by atoms with Crippen LogP contribution in [0.1, 0.15) is 34.1 Å². The molecule has 0 rings (SSSR count). The van der Waals surface area contributed by atoms with Crippen LogP contribution >= 0.6 is 0 Å². The van der Waals surface area contributed by atoms with Crippen molar-refractivity contribution in [1.82, 2.24) is 10.2 Å². The molecule has 1 unspecified atom stereocenters. The largest absolute Gasteiger partial charge is 0.343 e. The molecule has 86 valence electrons. The van der Waals surface area contributed by atoms with Crippen LogP contribution in [0.2, 0.25) is 0 Å². The number of nitrogens with zero attached hydrogens (tertiary/aromatic N) is 1. The maximum Gasteiger partial charge on any atom is 0.220 e. The molecule has 0 saturated carbocycles. The summed E-state index contributed by atoms with van der Waals surface area (Å²) < 4.78 is 0. The molecule has 3 nitrogen and oxygen atoms in total. The van der Waals surface area contributed by atoms with E-state index >= 15 is 0 Å². The smallest absolute Gasteiger partial charge is 0.220 e. The fourth-order valence-corrected chi connectivity index (χ4v) is 1.14. The normalized spacial score (nSPS) is 11.8. The SMILES string of the molecule is CCC(=O)NC(C)C#CCN(CC)CC. The minimum absolute atomic E-state index is 0.0481. The Morgan fingerprint density at radius 3 is 2.40 bits per heavy atom. The lowest BCUT2D eigenvalue weighted by atomic mass is 10.3. The molecule has 0 radical (unpaired) electrons. The van der Waals surface area contributed by atoms with E-state index in [9.17, 15) is 4.79 Å². The van der Waals surface area contributed by atoms with Gasteiger partial charge in [0.25, 0.3) is 0 Å². The van der Waals surface area contributed by atoms with E-state index in [1.54, 1.807) is 0 Å². The molecule has 0 bridgehead atoms.